The Balaban J connectivity index is 1.97. The molecular formula is C11H10ClNO3. The highest BCUT2D eigenvalue weighted by Gasteiger charge is 2.27. The number of hydrogen-bond donors (Lipinski definition) is 1. The van der Waals surface area contributed by atoms with E-state index in [4.69, 9.17) is 21.5 Å². The molecule has 16 heavy (non-hydrogen) atoms. The van der Waals surface area contributed by atoms with Gasteiger partial charge in [-0.05, 0) is 17.7 Å². The summed E-state index contributed by atoms with van der Waals surface area (Å²) < 4.78 is 0. The van der Waals surface area contributed by atoms with Crippen molar-refractivity contribution in [1.29, 1.82) is 0 Å². The largest absolute Gasteiger partial charge is 0.478 e. The third-order valence-corrected chi connectivity index (χ3v) is 2.58. The Morgan fingerprint density at radius 1 is 1.50 bits per heavy atom. The molecular weight excluding hydrogens is 230 g/mol. The molecule has 84 valence electrons. The minimum Gasteiger partial charge on any atom is -0.478 e. The van der Waals surface area contributed by atoms with Crippen molar-refractivity contribution >= 4 is 23.3 Å². The predicted octanol–water partition coefficient (Wildman–Crippen LogP) is 2.11. The summed E-state index contributed by atoms with van der Waals surface area (Å²) in [4.78, 5) is 15.4. The molecule has 5 heteroatoms. The van der Waals surface area contributed by atoms with E-state index in [-0.39, 0.29) is 0 Å². The van der Waals surface area contributed by atoms with Gasteiger partial charge in [-0.2, -0.15) is 0 Å². The van der Waals surface area contributed by atoms with Gasteiger partial charge in [0.25, 0.3) is 0 Å². The van der Waals surface area contributed by atoms with Crippen LogP contribution < -0.4 is 0 Å². The van der Waals surface area contributed by atoms with Crippen LogP contribution in [-0.4, -0.2) is 22.9 Å². The van der Waals surface area contributed by atoms with Gasteiger partial charge >= 0.3 is 5.97 Å². The summed E-state index contributed by atoms with van der Waals surface area (Å²) in [6.45, 7) is 0. The van der Waals surface area contributed by atoms with E-state index in [1.165, 1.54) is 0 Å². The summed E-state index contributed by atoms with van der Waals surface area (Å²) in [7, 11) is 0. The average Bonchev–Trinajstić information content (AvgIpc) is 2.70. The first kappa shape index (κ1) is 11.0. The second-order valence-corrected chi connectivity index (χ2v) is 4.03. The zero-order chi connectivity index (χ0) is 11.5. The van der Waals surface area contributed by atoms with Crippen LogP contribution >= 0.6 is 11.6 Å². The number of carbonyl (C=O) groups is 1. The first-order chi connectivity index (χ1) is 7.65. The van der Waals surface area contributed by atoms with Crippen molar-refractivity contribution in [3.05, 3.63) is 34.9 Å². The van der Waals surface area contributed by atoms with Crippen LogP contribution in [-0.2, 0) is 16.1 Å². The maximum Gasteiger partial charge on any atom is 0.348 e. The number of rotatable bonds is 3. The fraction of sp³-hybridized carbons (Fsp3) is 0.273. The first-order valence-corrected chi connectivity index (χ1v) is 5.22. The monoisotopic (exact) mass is 239 g/mol. The molecule has 0 radical (unpaired) electrons. The molecule has 4 nitrogen and oxygen atoms in total. The van der Waals surface area contributed by atoms with Crippen molar-refractivity contribution < 1.29 is 14.7 Å². The molecule has 1 aliphatic rings. The van der Waals surface area contributed by atoms with Crippen LogP contribution in [0.5, 0.6) is 0 Å². The number of carboxylic acid groups (broad SMARTS) is 1. The summed E-state index contributed by atoms with van der Waals surface area (Å²) >= 11 is 5.76. The molecule has 0 aromatic heterocycles. The maximum atomic E-state index is 10.6. The van der Waals surface area contributed by atoms with Gasteiger partial charge in [-0.1, -0.05) is 28.9 Å². The van der Waals surface area contributed by atoms with Crippen molar-refractivity contribution in [2.45, 2.75) is 18.9 Å². The molecule has 0 aliphatic carbocycles. The minimum absolute atomic E-state index is 0.345. The average molecular weight is 240 g/mol. The van der Waals surface area contributed by atoms with Crippen molar-refractivity contribution in [3.8, 4) is 0 Å². The molecule has 1 unspecified atom stereocenters. The highest BCUT2D eigenvalue weighted by atomic mass is 35.5. The number of carboxylic acids is 1. The summed E-state index contributed by atoms with van der Waals surface area (Å²) in [6.07, 6.45) is 0.112. The molecule has 0 saturated carbocycles. The van der Waals surface area contributed by atoms with Gasteiger partial charge in [0.05, 0.1) is 5.71 Å². The van der Waals surface area contributed by atoms with Crippen LogP contribution in [0.3, 0.4) is 0 Å². The van der Waals surface area contributed by atoms with Crippen LogP contribution in [0.1, 0.15) is 12.0 Å². The fourth-order valence-corrected chi connectivity index (χ4v) is 1.63. The number of oxime groups is 1. The second-order valence-electron chi connectivity index (χ2n) is 3.60. The molecule has 1 N–H and O–H groups in total. The van der Waals surface area contributed by atoms with Crippen LogP contribution in [0.15, 0.2) is 29.4 Å². The molecule has 1 aromatic carbocycles. The van der Waals surface area contributed by atoms with E-state index in [0.717, 1.165) is 11.3 Å². The molecule has 1 aromatic rings. The normalized spacial score (nSPS) is 19.1. The summed E-state index contributed by atoms with van der Waals surface area (Å²) in [6, 6.07) is 7.36. The zero-order valence-corrected chi connectivity index (χ0v) is 9.15. The van der Waals surface area contributed by atoms with Gasteiger partial charge < -0.3 is 9.94 Å². The van der Waals surface area contributed by atoms with Gasteiger partial charge in [0, 0.05) is 17.9 Å². The first-order valence-electron chi connectivity index (χ1n) is 4.84. The van der Waals surface area contributed by atoms with E-state index < -0.39 is 12.1 Å². The molecule has 0 fully saturated rings. The van der Waals surface area contributed by atoms with E-state index >= 15 is 0 Å². The molecule has 1 heterocycles. The quantitative estimate of drug-likeness (QED) is 0.879. The zero-order valence-electron chi connectivity index (χ0n) is 8.39. The van der Waals surface area contributed by atoms with E-state index in [1.54, 1.807) is 12.1 Å². The lowest BCUT2D eigenvalue weighted by molar-refractivity contribution is -0.148. The van der Waals surface area contributed by atoms with Gasteiger partial charge in [0.1, 0.15) is 0 Å². The van der Waals surface area contributed by atoms with Crippen LogP contribution in [0.4, 0.5) is 0 Å². The van der Waals surface area contributed by atoms with Crippen LogP contribution in [0, 0.1) is 0 Å². The Kier molecular flexibility index (Phi) is 3.10. The van der Waals surface area contributed by atoms with Gasteiger partial charge in [-0.15, -0.1) is 0 Å². The summed E-state index contributed by atoms with van der Waals surface area (Å²) in [5.74, 6) is -0.977. The molecule has 2 rings (SSSR count). The van der Waals surface area contributed by atoms with E-state index in [0.29, 0.717) is 17.9 Å². The SMILES string of the molecule is O=C(O)C1CC(Cc2ccc(Cl)cc2)=NO1. The topological polar surface area (TPSA) is 58.9 Å². The van der Waals surface area contributed by atoms with Crippen LogP contribution in [0.25, 0.3) is 0 Å². The fourth-order valence-electron chi connectivity index (χ4n) is 1.50. The summed E-state index contributed by atoms with van der Waals surface area (Å²) in [5, 5.41) is 13.2. The highest BCUT2D eigenvalue weighted by Crippen LogP contribution is 2.16. The number of benzene rings is 1. The Labute approximate surface area is 97.5 Å². The molecule has 0 spiro atoms. The Morgan fingerprint density at radius 3 is 2.75 bits per heavy atom. The van der Waals surface area contributed by atoms with Crippen molar-refractivity contribution in [1.82, 2.24) is 0 Å². The lowest BCUT2D eigenvalue weighted by Gasteiger charge is -2.00. The minimum atomic E-state index is -0.977. The smallest absolute Gasteiger partial charge is 0.348 e. The molecule has 0 saturated heterocycles. The Hall–Kier alpha value is -1.55. The van der Waals surface area contributed by atoms with Crippen LogP contribution in [0.2, 0.25) is 5.02 Å². The number of hydrogen-bond acceptors (Lipinski definition) is 3. The second kappa shape index (κ2) is 4.53. The van der Waals surface area contributed by atoms with E-state index in [2.05, 4.69) is 5.16 Å². The third-order valence-electron chi connectivity index (χ3n) is 2.33. The number of aliphatic carboxylic acids is 1. The maximum absolute atomic E-state index is 10.6. The summed E-state index contributed by atoms with van der Waals surface area (Å²) in [5.41, 5.74) is 1.78. The Bertz CT molecular complexity index is 427. The highest BCUT2D eigenvalue weighted by molar-refractivity contribution is 6.30. The molecule has 0 bridgehead atoms. The predicted molar refractivity (Wildman–Crippen MR) is 59.7 cm³/mol. The van der Waals surface area contributed by atoms with Crippen molar-refractivity contribution in [2.24, 2.45) is 5.16 Å². The Morgan fingerprint density at radius 2 is 2.19 bits per heavy atom. The molecule has 1 atom stereocenters. The van der Waals surface area contributed by atoms with Crippen molar-refractivity contribution in [3.63, 3.8) is 0 Å². The standard InChI is InChI=1S/C11H10ClNO3/c12-8-3-1-7(2-4-8)5-9-6-10(11(14)15)16-13-9/h1-4,10H,5-6H2,(H,14,15). The van der Waals surface area contributed by atoms with Gasteiger partial charge in [-0.25, -0.2) is 4.79 Å². The van der Waals surface area contributed by atoms with E-state index in [1.807, 2.05) is 12.1 Å². The lowest BCUT2D eigenvalue weighted by Crippen LogP contribution is -2.20. The number of nitrogens with zero attached hydrogens (tertiary/aromatic N) is 1. The van der Waals surface area contributed by atoms with Gasteiger partial charge in [0.2, 0.25) is 6.10 Å². The molecule has 1 aliphatic heterocycles. The van der Waals surface area contributed by atoms with Gasteiger partial charge in [-0.3, -0.25) is 0 Å². The molecule has 0 amide bonds. The number of halogens is 1. The third kappa shape index (κ3) is 2.52. The lowest BCUT2D eigenvalue weighted by atomic mass is 10.0. The van der Waals surface area contributed by atoms with Gasteiger partial charge in [0.15, 0.2) is 0 Å². The van der Waals surface area contributed by atoms with Crippen molar-refractivity contribution in [2.75, 3.05) is 0 Å². The van der Waals surface area contributed by atoms with E-state index in [9.17, 15) is 4.79 Å².